The summed E-state index contributed by atoms with van der Waals surface area (Å²) in [7, 11) is 0. The van der Waals surface area contributed by atoms with Crippen LogP contribution in [0.2, 0.25) is 5.02 Å². The third-order valence-corrected chi connectivity index (χ3v) is 7.91. The molecule has 0 atom stereocenters. The summed E-state index contributed by atoms with van der Waals surface area (Å²) < 4.78 is 29.2. The van der Waals surface area contributed by atoms with Gasteiger partial charge in [-0.25, -0.2) is 8.78 Å². The quantitative estimate of drug-likeness (QED) is 0.380. The van der Waals surface area contributed by atoms with E-state index in [4.69, 9.17) is 11.6 Å². The first-order chi connectivity index (χ1) is 17.1. The maximum Gasteiger partial charge on any atom is 0.293 e. The van der Waals surface area contributed by atoms with Crippen LogP contribution in [0.15, 0.2) is 18.2 Å². The number of rotatable bonds is 7. The molecule has 2 aliphatic rings. The summed E-state index contributed by atoms with van der Waals surface area (Å²) in [6, 6.07) is 5.11. The molecule has 198 valence electrons. The Morgan fingerprint density at radius 2 is 1.76 bits per heavy atom. The van der Waals surface area contributed by atoms with E-state index in [0.717, 1.165) is 5.56 Å². The van der Waals surface area contributed by atoms with E-state index in [9.17, 15) is 28.0 Å². The van der Waals surface area contributed by atoms with Gasteiger partial charge in [-0.05, 0) is 63.8 Å². The van der Waals surface area contributed by atoms with Gasteiger partial charge in [0, 0.05) is 41.2 Å². The van der Waals surface area contributed by atoms with Crippen molar-refractivity contribution in [2.24, 2.45) is 0 Å². The molecule has 10 heteroatoms. The highest BCUT2D eigenvalue weighted by atomic mass is 35.5. The smallest absolute Gasteiger partial charge is 0.293 e. The number of nitrogens with one attached hydrogen (secondary N) is 2. The van der Waals surface area contributed by atoms with Crippen LogP contribution in [0.4, 0.5) is 14.5 Å². The van der Waals surface area contributed by atoms with Gasteiger partial charge in [0.05, 0.1) is 5.56 Å². The molecule has 4 rings (SSSR count). The highest BCUT2D eigenvalue weighted by molar-refractivity contribution is 6.44. The fourth-order valence-corrected chi connectivity index (χ4v) is 5.72. The number of alkyl halides is 2. The van der Waals surface area contributed by atoms with Crippen molar-refractivity contribution in [3.8, 4) is 0 Å². The van der Waals surface area contributed by atoms with Crippen LogP contribution < -0.4 is 10.6 Å². The van der Waals surface area contributed by atoms with Gasteiger partial charge >= 0.3 is 0 Å². The molecule has 1 aromatic heterocycles. The third kappa shape index (κ3) is 4.58. The maximum atomic E-state index is 13.7. The number of hydrogen-bond donors (Lipinski definition) is 2. The van der Waals surface area contributed by atoms with Crippen LogP contribution in [0.5, 0.6) is 0 Å². The topological polar surface area (TPSA) is 97.3 Å². The van der Waals surface area contributed by atoms with Crippen molar-refractivity contribution in [1.29, 1.82) is 0 Å². The van der Waals surface area contributed by atoms with Gasteiger partial charge in [-0.1, -0.05) is 24.6 Å². The zero-order valence-electron chi connectivity index (χ0n) is 21.5. The van der Waals surface area contributed by atoms with Gasteiger partial charge in [0.2, 0.25) is 0 Å². The van der Waals surface area contributed by atoms with Crippen molar-refractivity contribution >= 4 is 40.7 Å². The van der Waals surface area contributed by atoms with Gasteiger partial charge in [0.25, 0.3) is 23.5 Å². The number of aromatic nitrogens is 1. The summed E-state index contributed by atoms with van der Waals surface area (Å²) in [4.78, 5) is 52.4. The molecule has 2 heterocycles. The number of fused-ring (bicyclic) bond motifs is 1. The molecule has 1 saturated carbocycles. The molecule has 0 unspecified atom stereocenters. The van der Waals surface area contributed by atoms with Gasteiger partial charge < -0.3 is 15.2 Å². The number of anilines is 1. The zero-order valence-corrected chi connectivity index (χ0v) is 22.2. The number of aryl methyl sites for hydroxylation is 1. The molecule has 2 aromatic rings. The molecule has 37 heavy (non-hydrogen) atoms. The number of ketones is 2. The molecule has 0 spiro atoms. The molecular weight excluding hydrogens is 504 g/mol. The number of carbonyl (C=O) groups excluding carboxylic acids is 4. The lowest BCUT2D eigenvalue weighted by atomic mass is 9.69. The Labute approximate surface area is 218 Å². The molecule has 2 N–H and O–H groups in total. The summed E-state index contributed by atoms with van der Waals surface area (Å²) in [5.41, 5.74) is 0.206. The molecule has 0 saturated heterocycles. The van der Waals surface area contributed by atoms with E-state index in [1.807, 2.05) is 20.8 Å². The Balaban J connectivity index is 1.69. The number of hydrogen-bond acceptors (Lipinski definition) is 4. The molecule has 1 aliphatic carbocycles. The van der Waals surface area contributed by atoms with Crippen molar-refractivity contribution in [2.75, 3.05) is 5.32 Å². The SMILES string of the molecule is CCC(=O)C1(NC(=O)C(=O)c2c(C)c(C(=O)Nc3ccc(C)c(Cl)c3)n3c2CCC3(C)C)CC(F)(F)C1. The fourth-order valence-electron chi connectivity index (χ4n) is 5.54. The lowest BCUT2D eigenvalue weighted by Gasteiger charge is -2.46. The van der Waals surface area contributed by atoms with Gasteiger partial charge in [0.1, 0.15) is 11.2 Å². The molecule has 1 aromatic carbocycles. The number of benzene rings is 1. The van der Waals surface area contributed by atoms with Crippen LogP contribution in [0.1, 0.15) is 84.1 Å². The first-order valence-electron chi connectivity index (χ1n) is 12.2. The summed E-state index contributed by atoms with van der Waals surface area (Å²) >= 11 is 6.20. The van der Waals surface area contributed by atoms with Crippen molar-refractivity contribution in [3.63, 3.8) is 0 Å². The Hall–Kier alpha value is -3.07. The normalized spacial score (nSPS) is 18.5. The Morgan fingerprint density at radius 3 is 2.32 bits per heavy atom. The van der Waals surface area contributed by atoms with E-state index < -0.39 is 53.2 Å². The van der Waals surface area contributed by atoms with Crippen molar-refractivity contribution in [2.45, 2.75) is 83.7 Å². The van der Waals surface area contributed by atoms with Crippen LogP contribution >= 0.6 is 11.6 Å². The standard InChI is InChI=1S/C27H30ClF2N3O4/c1-6-19(34)26(12-27(29,30)13-26)32-24(37)22(35)20-15(3)21(33-18(20)9-10-25(33,4)5)23(36)31-16-8-7-14(2)17(28)11-16/h7-8,11H,6,9-10,12-13H2,1-5H3,(H,31,36)(H,32,37). The molecule has 7 nitrogen and oxygen atoms in total. The maximum absolute atomic E-state index is 13.7. The molecule has 0 radical (unpaired) electrons. The van der Waals surface area contributed by atoms with Crippen molar-refractivity contribution in [3.05, 3.63) is 51.3 Å². The second-order valence-electron chi connectivity index (χ2n) is 10.7. The Bertz CT molecular complexity index is 1340. The van der Waals surface area contributed by atoms with Crippen LogP contribution in [-0.2, 0) is 21.5 Å². The minimum Gasteiger partial charge on any atom is -0.336 e. The second kappa shape index (κ2) is 9.04. The Kier molecular flexibility index (Phi) is 6.59. The number of halogens is 3. The van der Waals surface area contributed by atoms with E-state index in [1.165, 1.54) is 6.92 Å². The van der Waals surface area contributed by atoms with Gasteiger partial charge in [0.15, 0.2) is 5.78 Å². The predicted molar refractivity (Wildman–Crippen MR) is 136 cm³/mol. The summed E-state index contributed by atoms with van der Waals surface area (Å²) in [5, 5.41) is 5.63. The van der Waals surface area contributed by atoms with Crippen LogP contribution in [-0.4, -0.2) is 39.4 Å². The van der Waals surface area contributed by atoms with E-state index in [2.05, 4.69) is 10.6 Å². The predicted octanol–water partition coefficient (Wildman–Crippen LogP) is 5.14. The highest BCUT2D eigenvalue weighted by Crippen LogP contribution is 2.47. The highest BCUT2D eigenvalue weighted by Gasteiger charge is 2.61. The number of amides is 2. The van der Waals surface area contributed by atoms with Gasteiger partial charge in [-0.2, -0.15) is 0 Å². The van der Waals surface area contributed by atoms with Gasteiger partial charge in [-0.3, -0.25) is 19.2 Å². The lowest BCUT2D eigenvalue weighted by Crippen LogP contribution is -2.67. The van der Waals surface area contributed by atoms with Crippen LogP contribution in [0, 0.1) is 13.8 Å². The number of nitrogens with zero attached hydrogens (tertiary/aromatic N) is 1. The molecule has 1 aliphatic heterocycles. The largest absolute Gasteiger partial charge is 0.336 e. The summed E-state index contributed by atoms with van der Waals surface area (Å²) in [6.07, 6.45) is -0.641. The summed E-state index contributed by atoms with van der Waals surface area (Å²) in [5.74, 6) is -6.17. The van der Waals surface area contributed by atoms with E-state index >= 15 is 0 Å². The summed E-state index contributed by atoms with van der Waals surface area (Å²) in [6.45, 7) is 8.81. The third-order valence-electron chi connectivity index (χ3n) is 7.50. The number of carbonyl (C=O) groups is 4. The average Bonchev–Trinajstić information content (AvgIpc) is 3.26. The molecule has 0 bridgehead atoms. The Morgan fingerprint density at radius 1 is 1.11 bits per heavy atom. The fraction of sp³-hybridized carbons (Fsp3) is 0.481. The molecule has 1 fully saturated rings. The first kappa shape index (κ1) is 27.0. The van der Waals surface area contributed by atoms with Crippen molar-refractivity contribution < 1.29 is 28.0 Å². The van der Waals surface area contributed by atoms with E-state index in [-0.39, 0.29) is 17.7 Å². The minimum absolute atomic E-state index is 0.0489. The number of Topliss-reactive ketones (excluding diaryl/α,β-unsaturated/α-hetero) is 2. The van der Waals surface area contributed by atoms with Crippen LogP contribution in [0.3, 0.4) is 0 Å². The van der Waals surface area contributed by atoms with Gasteiger partial charge in [-0.15, -0.1) is 0 Å². The molecule has 2 amide bonds. The monoisotopic (exact) mass is 533 g/mol. The first-order valence-corrected chi connectivity index (χ1v) is 12.6. The van der Waals surface area contributed by atoms with Crippen molar-refractivity contribution in [1.82, 2.24) is 9.88 Å². The van der Waals surface area contributed by atoms with Crippen LogP contribution in [0.25, 0.3) is 0 Å². The minimum atomic E-state index is -3.08. The zero-order chi connectivity index (χ0) is 27.5. The average molecular weight is 534 g/mol. The van der Waals surface area contributed by atoms with E-state index in [0.29, 0.717) is 34.8 Å². The lowest BCUT2D eigenvalue weighted by molar-refractivity contribution is -0.163. The van der Waals surface area contributed by atoms with E-state index in [1.54, 1.807) is 29.7 Å². The molecular formula is C27H30ClF2N3O4. The second-order valence-corrected chi connectivity index (χ2v) is 11.1.